The Balaban J connectivity index is 1.79. The van der Waals surface area contributed by atoms with Crippen LogP contribution in [0, 0.1) is 0 Å². The molecule has 0 saturated heterocycles. The van der Waals surface area contributed by atoms with Gasteiger partial charge in [-0.25, -0.2) is 0 Å². The van der Waals surface area contributed by atoms with Crippen LogP contribution in [0.4, 0.5) is 0 Å². The molecule has 0 aliphatic heterocycles. The zero-order valence-electron chi connectivity index (χ0n) is 12.7. The average molecular weight is 285 g/mol. The van der Waals surface area contributed by atoms with Gasteiger partial charge in [0.25, 0.3) is 0 Å². The van der Waals surface area contributed by atoms with Crippen molar-refractivity contribution in [2.45, 2.75) is 13.1 Å². The number of pyridine rings is 1. The number of nitrogens with zero attached hydrogens (tertiary/aromatic N) is 2. The molecule has 0 radical (unpaired) electrons. The van der Waals surface area contributed by atoms with Gasteiger partial charge >= 0.3 is 0 Å². The normalized spacial score (nSPS) is 10.8. The van der Waals surface area contributed by atoms with Crippen molar-refractivity contribution in [1.29, 1.82) is 0 Å². The van der Waals surface area contributed by atoms with Crippen LogP contribution in [0.25, 0.3) is 0 Å². The summed E-state index contributed by atoms with van der Waals surface area (Å²) in [6, 6.07) is 12.2. The van der Waals surface area contributed by atoms with Gasteiger partial charge in [-0.2, -0.15) is 0 Å². The molecular weight excluding hydrogens is 262 g/mol. The third-order valence-electron chi connectivity index (χ3n) is 3.27. The van der Waals surface area contributed by atoms with Crippen LogP contribution >= 0.6 is 0 Å². The number of likely N-dealkylation sites (N-methyl/N-ethyl adjacent to an activating group) is 1. The molecular formula is C17H23N3O. The largest absolute Gasteiger partial charge is 0.492 e. The fourth-order valence-corrected chi connectivity index (χ4v) is 2.17. The molecule has 0 spiro atoms. The van der Waals surface area contributed by atoms with Gasteiger partial charge in [-0.1, -0.05) is 18.2 Å². The van der Waals surface area contributed by atoms with Crippen LogP contribution < -0.4 is 10.1 Å². The molecule has 1 aromatic heterocycles. The molecule has 21 heavy (non-hydrogen) atoms. The number of para-hydroxylation sites is 1. The molecule has 1 aromatic carbocycles. The second-order valence-electron chi connectivity index (χ2n) is 5.08. The number of aromatic nitrogens is 1. The summed E-state index contributed by atoms with van der Waals surface area (Å²) in [6.45, 7) is 3.30. The Morgan fingerprint density at radius 3 is 2.67 bits per heavy atom. The number of hydrogen-bond donors (Lipinski definition) is 1. The van der Waals surface area contributed by atoms with E-state index in [4.69, 9.17) is 4.74 Å². The fourth-order valence-electron chi connectivity index (χ4n) is 2.17. The van der Waals surface area contributed by atoms with Crippen molar-refractivity contribution in [1.82, 2.24) is 15.2 Å². The van der Waals surface area contributed by atoms with E-state index in [1.54, 1.807) is 0 Å². The highest BCUT2D eigenvalue weighted by molar-refractivity contribution is 5.33. The monoisotopic (exact) mass is 285 g/mol. The van der Waals surface area contributed by atoms with Gasteiger partial charge in [-0.3, -0.25) is 9.88 Å². The molecule has 4 heteroatoms. The summed E-state index contributed by atoms with van der Waals surface area (Å²) in [5.41, 5.74) is 2.46. The Hall–Kier alpha value is -1.91. The highest BCUT2D eigenvalue weighted by Gasteiger charge is 2.04. The molecule has 0 atom stereocenters. The van der Waals surface area contributed by atoms with Gasteiger partial charge in [0.05, 0.1) is 0 Å². The van der Waals surface area contributed by atoms with E-state index >= 15 is 0 Å². The maximum absolute atomic E-state index is 5.90. The molecule has 0 fully saturated rings. The number of nitrogens with one attached hydrogen (secondary N) is 1. The van der Waals surface area contributed by atoms with Crippen molar-refractivity contribution >= 4 is 0 Å². The van der Waals surface area contributed by atoms with Crippen LogP contribution in [0.1, 0.15) is 11.1 Å². The van der Waals surface area contributed by atoms with Crippen LogP contribution in [0.3, 0.4) is 0 Å². The second-order valence-corrected chi connectivity index (χ2v) is 5.08. The van der Waals surface area contributed by atoms with E-state index in [1.165, 1.54) is 11.1 Å². The summed E-state index contributed by atoms with van der Waals surface area (Å²) in [7, 11) is 4.04. The molecule has 0 bridgehead atoms. The molecule has 0 saturated carbocycles. The topological polar surface area (TPSA) is 37.4 Å². The number of ether oxygens (including phenoxy) is 1. The quantitative estimate of drug-likeness (QED) is 0.807. The minimum absolute atomic E-state index is 0.683. The van der Waals surface area contributed by atoms with E-state index in [0.717, 1.165) is 25.4 Å². The van der Waals surface area contributed by atoms with Gasteiger partial charge in [0.2, 0.25) is 0 Å². The van der Waals surface area contributed by atoms with Crippen LogP contribution in [0.15, 0.2) is 48.8 Å². The standard InChI is InChI=1S/C17H23N3O/c1-18-13-16-5-3-4-6-17(16)21-12-11-20(2)14-15-7-9-19-10-8-15/h3-10,18H,11-14H2,1-2H3. The lowest BCUT2D eigenvalue weighted by Crippen LogP contribution is -2.24. The molecule has 112 valence electrons. The smallest absolute Gasteiger partial charge is 0.123 e. The Morgan fingerprint density at radius 1 is 1.14 bits per heavy atom. The second kappa shape index (κ2) is 8.39. The first-order chi connectivity index (χ1) is 10.3. The minimum Gasteiger partial charge on any atom is -0.492 e. The fraction of sp³-hybridized carbons (Fsp3) is 0.353. The lowest BCUT2D eigenvalue weighted by atomic mass is 10.2. The highest BCUT2D eigenvalue weighted by atomic mass is 16.5. The maximum atomic E-state index is 5.90. The van der Waals surface area contributed by atoms with Gasteiger partial charge < -0.3 is 10.1 Å². The Kier molecular flexibility index (Phi) is 6.19. The number of rotatable bonds is 8. The predicted molar refractivity (Wildman–Crippen MR) is 85.3 cm³/mol. The number of hydrogen-bond acceptors (Lipinski definition) is 4. The molecule has 0 aliphatic rings. The van der Waals surface area contributed by atoms with Gasteiger partial charge in [0.15, 0.2) is 0 Å². The molecule has 0 aliphatic carbocycles. The van der Waals surface area contributed by atoms with E-state index in [-0.39, 0.29) is 0 Å². The zero-order chi connectivity index (χ0) is 14.9. The minimum atomic E-state index is 0.683. The summed E-state index contributed by atoms with van der Waals surface area (Å²) in [5, 5.41) is 3.16. The lowest BCUT2D eigenvalue weighted by molar-refractivity contribution is 0.231. The SMILES string of the molecule is CNCc1ccccc1OCCN(C)Cc1ccncc1. The van der Waals surface area contributed by atoms with Crippen LogP contribution in [0.2, 0.25) is 0 Å². The molecule has 1 heterocycles. The van der Waals surface area contributed by atoms with Gasteiger partial charge in [0.1, 0.15) is 12.4 Å². The van der Waals surface area contributed by atoms with Crippen molar-refractivity contribution in [2.24, 2.45) is 0 Å². The van der Waals surface area contributed by atoms with Gasteiger partial charge in [-0.05, 0) is 37.9 Å². The highest BCUT2D eigenvalue weighted by Crippen LogP contribution is 2.17. The first-order valence-electron chi connectivity index (χ1n) is 7.22. The van der Waals surface area contributed by atoms with E-state index in [2.05, 4.69) is 28.3 Å². The third kappa shape index (κ3) is 5.17. The van der Waals surface area contributed by atoms with E-state index in [1.807, 2.05) is 49.8 Å². The Labute approximate surface area is 126 Å². The van der Waals surface area contributed by atoms with Crippen molar-refractivity contribution < 1.29 is 4.74 Å². The first kappa shape index (κ1) is 15.5. The summed E-state index contributed by atoms with van der Waals surface area (Å²) < 4.78 is 5.90. The third-order valence-corrected chi connectivity index (χ3v) is 3.27. The van der Waals surface area contributed by atoms with Gasteiger partial charge in [-0.15, -0.1) is 0 Å². The van der Waals surface area contributed by atoms with Crippen LogP contribution in [0.5, 0.6) is 5.75 Å². The molecule has 2 rings (SSSR count). The molecule has 2 aromatic rings. The molecule has 4 nitrogen and oxygen atoms in total. The first-order valence-corrected chi connectivity index (χ1v) is 7.22. The summed E-state index contributed by atoms with van der Waals surface area (Å²) in [4.78, 5) is 6.28. The zero-order valence-corrected chi connectivity index (χ0v) is 12.7. The van der Waals surface area contributed by atoms with Crippen molar-refractivity contribution in [3.8, 4) is 5.75 Å². The van der Waals surface area contributed by atoms with E-state index in [9.17, 15) is 0 Å². The van der Waals surface area contributed by atoms with Crippen LogP contribution in [-0.2, 0) is 13.1 Å². The Bertz CT molecular complexity index is 531. The summed E-state index contributed by atoms with van der Waals surface area (Å²) >= 11 is 0. The van der Waals surface area contributed by atoms with E-state index in [0.29, 0.717) is 6.61 Å². The van der Waals surface area contributed by atoms with Crippen molar-refractivity contribution in [2.75, 3.05) is 27.2 Å². The lowest BCUT2D eigenvalue weighted by Gasteiger charge is -2.18. The summed E-state index contributed by atoms with van der Waals surface area (Å²) in [5.74, 6) is 0.962. The van der Waals surface area contributed by atoms with E-state index < -0.39 is 0 Å². The number of benzene rings is 1. The summed E-state index contributed by atoms with van der Waals surface area (Å²) in [6.07, 6.45) is 3.65. The van der Waals surface area contributed by atoms with Crippen LogP contribution in [-0.4, -0.2) is 37.1 Å². The predicted octanol–water partition coefficient (Wildman–Crippen LogP) is 2.31. The average Bonchev–Trinajstić information content (AvgIpc) is 2.50. The maximum Gasteiger partial charge on any atom is 0.123 e. The Morgan fingerprint density at radius 2 is 1.90 bits per heavy atom. The van der Waals surface area contributed by atoms with Crippen molar-refractivity contribution in [3.63, 3.8) is 0 Å². The molecule has 0 amide bonds. The van der Waals surface area contributed by atoms with Gasteiger partial charge in [0, 0.05) is 37.6 Å². The molecule has 1 N–H and O–H groups in total. The van der Waals surface area contributed by atoms with Crippen molar-refractivity contribution in [3.05, 3.63) is 59.9 Å². The molecule has 0 unspecified atom stereocenters.